The van der Waals surface area contributed by atoms with Gasteiger partial charge in [0.25, 0.3) is 17.7 Å². The number of rotatable bonds is 4. The molecule has 0 radical (unpaired) electrons. The fourth-order valence-electron chi connectivity index (χ4n) is 5.18. The molecular formula is C28H32F2N4O2. The maximum atomic E-state index is 13.7. The van der Waals surface area contributed by atoms with Crippen LogP contribution in [0.2, 0.25) is 0 Å². The zero-order valence-corrected chi connectivity index (χ0v) is 20.8. The number of amides is 2. The molecule has 2 aromatic carbocycles. The summed E-state index contributed by atoms with van der Waals surface area (Å²) in [4.78, 5) is 32.5. The number of carbonyl (C=O) groups is 2. The first-order valence-electron chi connectivity index (χ1n) is 12.6. The summed E-state index contributed by atoms with van der Waals surface area (Å²) in [5.74, 6) is -3.01. The summed E-state index contributed by atoms with van der Waals surface area (Å²) in [6, 6.07) is 17.3. The van der Waals surface area contributed by atoms with Crippen LogP contribution in [-0.2, 0) is 0 Å². The lowest BCUT2D eigenvalue weighted by molar-refractivity contribution is -0.0495. The highest BCUT2D eigenvalue weighted by Crippen LogP contribution is 2.31. The molecule has 2 fully saturated rings. The van der Waals surface area contributed by atoms with Crippen LogP contribution in [0.3, 0.4) is 0 Å². The Bertz CT molecular complexity index is 1250. The fourth-order valence-corrected chi connectivity index (χ4v) is 5.18. The van der Waals surface area contributed by atoms with Gasteiger partial charge >= 0.3 is 0 Å². The van der Waals surface area contributed by atoms with Crippen LogP contribution < -0.4 is 0 Å². The maximum absolute atomic E-state index is 13.7. The molecule has 2 amide bonds. The van der Waals surface area contributed by atoms with Gasteiger partial charge in [0.05, 0.1) is 5.52 Å². The summed E-state index contributed by atoms with van der Waals surface area (Å²) < 4.78 is 29.3. The second-order valence-corrected chi connectivity index (χ2v) is 10.0. The second-order valence-electron chi connectivity index (χ2n) is 10.0. The monoisotopic (exact) mass is 494 g/mol. The molecule has 0 N–H and O–H groups in total. The number of alkyl halides is 2. The second kappa shape index (κ2) is 9.65. The van der Waals surface area contributed by atoms with Crippen molar-refractivity contribution in [2.75, 3.05) is 39.3 Å². The molecule has 8 heteroatoms. The van der Waals surface area contributed by atoms with E-state index in [4.69, 9.17) is 0 Å². The van der Waals surface area contributed by atoms with Crippen LogP contribution in [0, 0.1) is 0 Å². The number of halogens is 2. The van der Waals surface area contributed by atoms with Crippen LogP contribution in [-0.4, -0.2) is 82.3 Å². The first kappa shape index (κ1) is 24.4. The van der Waals surface area contributed by atoms with Crippen molar-refractivity contribution < 1.29 is 18.4 Å². The van der Waals surface area contributed by atoms with Gasteiger partial charge in [0.15, 0.2) is 0 Å². The normalized spacial score (nSPS) is 18.7. The topological polar surface area (TPSA) is 48.8 Å². The van der Waals surface area contributed by atoms with Crippen LogP contribution >= 0.6 is 0 Å². The number of carbonyl (C=O) groups excluding carboxylic acids is 2. The zero-order chi connectivity index (χ0) is 25.4. The van der Waals surface area contributed by atoms with E-state index in [2.05, 4.69) is 18.7 Å². The Balaban J connectivity index is 1.47. The number of aromatic nitrogens is 1. The van der Waals surface area contributed by atoms with Gasteiger partial charge in [-0.15, -0.1) is 0 Å². The molecule has 5 rings (SSSR count). The van der Waals surface area contributed by atoms with E-state index >= 15 is 0 Å². The predicted octanol–water partition coefficient (Wildman–Crippen LogP) is 4.67. The van der Waals surface area contributed by atoms with E-state index in [0.717, 1.165) is 29.7 Å². The highest BCUT2D eigenvalue weighted by molar-refractivity contribution is 6.03. The molecule has 0 saturated carbocycles. The zero-order valence-electron chi connectivity index (χ0n) is 20.8. The lowest BCUT2D eigenvalue weighted by atomic mass is 10.1. The van der Waals surface area contributed by atoms with Crippen molar-refractivity contribution in [3.63, 3.8) is 0 Å². The number of para-hydroxylation sites is 1. The third-order valence-corrected chi connectivity index (χ3v) is 7.40. The van der Waals surface area contributed by atoms with E-state index in [1.165, 1.54) is 4.90 Å². The number of benzene rings is 2. The van der Waals surface area contributed by atoms with Gasteiger partial charge in [0.1, 0.15) is 5.69 Å². The van der Waals surface area contributed by atoms with Crippen molar-refractivity contribution in [1.82, 2.24) is 19.3 Å². The Hall–Kier alpha value is -3.26. The fraction of sp³-hybridized carbons (Fsp3) is 0.429. The molecule has 0 aliphatic carbocycles. The van der Waals surface area contributed by atoms with Gasteiger partial charge in [-0.25, -0.2) is 8.78 Å². The third-order valence-electron chi connectivity index (χ3n) is 7.40. The average Bonchev–Trinajstić information content (AvgIpc) is 3.27. The predicted molar refractivity (Wildman–Crippen MR) is 136 cm³/mol. The van der Waals surface area contributed by atoms with Crippen LogP contribution in [0.5, 0.6) is 0 Å². The standard InChI is InChI=1S/C28H32F2N4O2/c1-20(2)31-14-16-33(17-15-31)26(35)21-8-9-24-22(18-21)19-25(34(24)23-6-4-3-5-7-23)27(36)32-12-10-28(29,30)11-13-32/h3-9,18-20H,10-17H2,1-2H3. The van der Waals surface area contributed by atoms with Gasteiger partial charge in [0.2, 0.25) is 0 Å². The molecular weight excluding hydrogens is 462 g/mol. The van der Waals surface area contributed by atoms with Crippen molar-refractivity contribution in [2.45, 2.75) is 38.7 Å². The molecule has 1 aromatic heterocycles. The molecule has 3 heterocycles. The van der Waals surface area contributed by atoms with Gasteiger partial charge < -0.3 is 14.4 Å². The van der Waals surface area contributed by atoms with Gasteiger partial charge in [-0.2, -0.15) is 0 Å². The lowest BCUT2D eigenvalue weighted by Crippen LogP contribution is -2.50. The number of hydrogen-bond donors (Lipinski definition) is 0. The van der Waals surface area contributed by atoms with Crippen LogP contribution in [0.1, 0.15) is 47.5 Å². The number of nitrogens with zero attached hydrogens (tertiary/aromatic N) is 4. The molecule has 36 heavy (non-hydrogen) atoms. The number of piperazine rings is 1. The first-order valence-corrected chi connectivity index (χ1v) is 12.6. The molecule has 190 valence electrons. The van der Waals surface area contributed by atoms with Gasteiger partial charge in [-0.1, -0.05) is 18.2 Å². The summed E-state index contributed by atoms with van der Waals surface area (Å²) in [5.41, 5.74) is 2.61. The molecule has 2 aliphatic rings. The minimum Gasteiger partial charge on any atom is -0.337 e. The van der Waals surface area contributed by atoms with Gasteiger partial charge in [-0.3, -0.25) is 14.5 Å². The van der Waals surface area contributed by atoms with Gasteiger partial charge in [-0.05, 0) is 50.2 Å². The molecule has 3 aromatic rings. The summed E-state index contributed by atoms with van der Waals surface area (Å²) in [6.45, 7) is 7.44. The Labute approximate surface area is 210 Å². The lowest BCUT2D eigenvalue weighted by Gasteiger charge is -2.37. The summed E-state index contributed by atoms with van der Waals surface area (Å²) in [7, 11) is 0. The number of piperidine rings is 1. The highest BCUT2D eigenvalue weighted by Gasteiger charge is 2.36. The van der Waals surface area contributed by atoms with Crippen molar-refractivity contribution in [2.24, 2.45) is 0 Å². The average molecular weight is 495 g/mol. The SMILES string of the molecule is CC(C)N1CCN(C(=O)c2ccc3c(c2)cc(C(=O)N2CCC(F)(F)CC2)n3-c2ccccc2)CC1. The van der Waals surface area contributed by atoms with Crippen molar-refractivity contribution >= 4 is 22.7 Å². The summed E-state index contributed by atoms with van der Waals surface area (Å²) in [5, 5.41) is 0.774. The molecule has 0 unspecified atom stereocenters. The van der Waals surface area contributed by atoms with E-state index in [0.29, 0.717) is 30.4 Å². The molecule has 2 aliphatic heterocycles. The number of likely N-dealkylation sites (tertiary alicyclic amines) is 1. The van der Waals surface area contributed by atoms with E-state index in [-0.39, 0.29) is 37.7 Å². The van der Waals surface area contributed by atoms with E-state index in [9.17, 15) is 18.4 Å². The quantitative estimate of drug-likeness (QED) is 0.530. The molecule has 0 spiro atoms. The first-order chi connectivity index (χ1) is 17.2. The number of hydrogen-bond acceptors (Lipinski definition) is 3. The minimum atomic E-state index is -2.72. The van der Waals surface area contributed by atoms with Crippen molar-refractivity contribution in [1.29, 1.82) is 0 Å². The maximum Gasteiger partial charge on any atom is 0.270 e. The molecule has 6 nitrogen and oxygen atoms in total. The van der Waals surface area contributed by atoms with E-state index in [1.54, 1.807) is 6.07 Å². The Morgan fingerprint density at radius 3 is 2.08 bits per heavy atom. The largest absolute Gasteiger partial charge is 0.337 e. The molecule has 0 bridgehead atoms. The van der Waals surface area contributed by atoms with Gasteiger partial charge in [0, 0.05) is 74.8 Å². The Morgan fingerprint density at radius 1 is 0.806 bits per heavy atom. The van der Waals surface area contributed by atoms with E-state index in [1.807, 2.05) is 58.0 Å². The van der Waals surface area contributed by atoms with Crippen molar-refractivity contribution in [3.8, 4) is 5.69 Å². The van der Waals surface area contributed by atoms with E-state index < -0.39 is 5.92 Å². The molecule has 0 atom stereocenters. The number of fused-ring (bicyclic) bond motifs is 1. The summed E-state index contributed by atoms with van der Waals surface area (Å²) in [6.07, 6.45) is -0.653. The summed E-state index contributed by atoms with van der Waals surface area (Å²) >= 11 is 0. The smallest absolute Gasteiger partial charge is 0.270 e. The van der Waals surface area contributed by atoms with Crippen LogP contribution in [0.4, 0.5) is 8.78 Å². The van der Waals surface area contributed by atoms with Crippen molar-refractivity contribution in [3.05, 3.63) is 65.9 Å². The Morgan fingerprint density at radius 2 is 1.44 bits per heavy atom. The van der Waals surface area contributed by atoms with Crippen LogP contribution in [0.25, 0.3) is 16.6 Å². The van der Waals surface area contributed by atoms with Crippen LogP contribution in [0.15, 0.2) is 54.6 Å². The Kier molecular flexibility index (Phi) is 6.55. The third kappa shape index (κ3) is 4.74. The highest BCUT2D eigenvalue weighted by atomic mass is 19.3. The minimum absolute atomic E-state index is 0.0149. The molecule has 2 saturated heterocycles.